The molecule has 1 aromatic rings. The highest BCUT2D eigenvalue weighted by Crippen LogP contribution is 2.27. The Morgan fingerprint density at radius 3 is 2.40 bits per heavy atom. The van der Waals surface area contributed by atoms with Crippen molar-refractivity contribution in [3.05, 3.63) is 29.8 Å². The summed E-state index contributed by atoms with van der Waals surface area (Å²) in [6, 6.07) is 5.74. The van der Waals surface area contributed by atoms with Crippen LogP contribution in [0.5, 0.6) is 0 Å². The highest BCUT2D eigenvalue weighted by Gasteiger charge is 2.39. The van der Waals surface area contributed by atoms with Gasteiger partial charge in [0.25, 0.3) is 0 Å². The number of benzene rings is 1. The van der Waals surface area contributed by atoms with E-state index < -0.39 is 22.0 Å². The first kappa shape index (κ1) is 15.0. The van der Waals surface area contributed by atoms with Gasteiger partial charge in [-0.1, -0.05) is 26.0 Å². The van der Waals surface area contributed by atoms with Crippen LogP contribution in [-0.2, 0) is 14.8 Å². The number of hydrogen-bond acceptors (Lipinski definition) is 3. The maximum absolute atomic E-state index is 12.5. The molecule has 1 heterocycles. The molecule has 0 saturated carbocycles. The van der Waals surface area contributed by atoms with Crippen molar-refractivity contribution in [2.45, 2.75) is 43.5 Å². The molecular formula is C14H19NO4S. The Bertz CT molecular complexity index is 592. The van der Waals surface area contributed by atoms with E-state index in [2.05, 4.69) is 0 Å². The van der Waals surface area contributed by atoms with Crippen molar-refractivity contribution in [2.24, 2.45) is 0 Å². The summed E-state index contributed by atoms with van der Waals surface area (Å²) in [5, 5.41) is 9.10. The Hall–Kier alpha value is -1.40. The maximum Gasteiger partial charge on any atom is 0.322 e. The van der Waals surface area contributed by atoms with Crippen molar-refractivity contribution in [3.8, 4) is 0 Å². The molecule has 0 aromatic heterocycles. The van der Waals surface area contributed by atoms with Crippen LogP contribution >= 0.6 is 0 Å². The zero-order valence-electron chi connectivity index (χ0n) is 11.6. The molecule has 1 fully saturated rings. The van der Waals surface area contributed by atoms with Gasteiger partial charge in [-0.25, -0.2) is 8.42 Å². The van der Waals surface area contributed by atoms with Gasteiger partial charge in [0, 0.05) is 6.54 Å². The minimum atomic E-state index is -3.72. The quantitative estimate of drug-likeness (QED) is 0.923. The molecule has 1 saturated heterocycles. The third-order valence-corrected chi connectivity index (χ3v) is 5.56. The lowest BCUT2D eigenvalue weighted by atomic mass is 10.0. The summed E-state index contributed by atoms with van der Waals surface area (Å²) in [4.78, 5) is 11.3. The van der Waals surface area contributed by atoms with Crippen LogP contribution in [-0.4, -0.2) is 36.4 Å². The third-order valence-electron chi connectivity index (χ3n) is 3.64. The van der Waals surface area contributed by atoms with E-state index in [-0.39, 0.29) is 11.4 Å². The van der Waals surface area contributed by atoms with Gasteiger partial charge in [0.1, 0.15) is 6.04 Å². The second-order valence-electron chi connectivity index (χ2n) is 5.34. The molecule has 1 atom stereocenters. The van der Waals surface area contributed by atoms with E-state index in [1.165, 1.54) is 0 Å². The Kier molecular flexibility index (Phi) is 4.15. The first-order valence-electron chi connectivity index (χ1n) is 6.68. The second-order valence-corrected chi connectivity index (χ2v) is 7.23. The first-order chi connectivity index (χ1) is 9.34. The van der Waals surface area contributed by atoms with E-state index in [4.69, 9.17) is 5.11 Å². The van der Waals surface area contributed by atoms with Crippen molar-refractivity contribution in [3.63, 3.8) is 0 Å². The number of sulfonamides is 1. The molecule has 0 unspecified atom stereocenters. The van der Waals surface area contributed by atoms with Gasteiger partial charge in [-0.15, -0.1) is 0 Å². The smallest absolute Gasteiger partial charge is 0.322 e. The lowest BCUT2D eigenvalue weighted by Gasteiger charge is -2.21. The van der Waals surface area contributed by atoms with E-state index in [0.717, 1.165) is 9.87 Å². The molecule has 1 aliphatic heterocycles. The van der Waals surface area contributed by atoms with Crippen LogP contribution in [0.15, 0.2) is 29.2 Å². The van der Waals surface area contributed by atoms with Gasteiger partial charge in [-0.2, -0.15) is 4.31 Å². The van der Waals surface area contributed by atoms with Gasteiger partial charge in [0.15, 0.2) is 0 Å². The van der Waals surface area contributed by atoms with Crippen molar-refractivity contribution < 1.29 is 18.3 Å². The lowest BCUT2D eigenvalue weighted by molar-refractivity contribution is -0.140. The SMILES string of the molecule is CC(C)c1ccc(S(=O)(=O)N2CCC[C@H]2C(=O)O)cc1. The topological polar surface area (TPSA) is 74.7 Å². The molecule has 110 valence electrons. The zero-order valence-corrected chi connectivity index (χ0v) is 12.4. The summed E-state index contributed by atoms with van der Waals surface area (Å²) >= 11 is 0. The fourth-order valence-electron chi connectivity index (χ4n) is 2.43. The third kappa shape index (κ3) is 2.71. The van der Waals surface area contributed by atoms with Crippen molar-refractivity contribution >= 4 is 16.0 Å². The van der Waals surface area contributed by atoms with Gasteiger partial charge in [-0.05, 0) is 36.5 Å². The zero-order chi connectivity index (χ0) is 14.9. The monoisotopic (exact) mass is 297 g/mol. The Balaban J connectivity index is 2.32. The molecule has 5 nitrogen and oxygen atoms in total. The van der Waals surface area contributed by atoms with E-state index >= 15 is 0 Å². The van der Waals surface area contributed by atoms with Crippen molar-refractivity contribution in [1.82, 2.24) is 4.31 Å². The molecule has 1 aromatic carbocycles. The van der Waals surface area contributed by atoms with Crippen LogP contribution in [0.4, 0.5) is 0 Å². The molecule has 0 bridgehead atoms. The number of nitrogens with zero attached hydrogens (tertiary/aromatic N) is 1. The van der Waals surface area contributed by atoms with Crippen molar-refractivity contribution in [1.29, 1.82) is 0 Å². The van der Waals surface area contributed by atoms with Crippen LogP contribution in [0, 0.1) is 0 Å². The minimum Gasteiger partial charge on any atom is -0.480 e. The molecule has 0 radical (unpaired) electrons. The normalized spacial score (nSPS) is 20.4. The second kappa shape index (κ2) is 5.54. The number of aliphatic carboxylic acids is 1. The van der Waals surface area contributed by atoms with Crippen LogP contribution in [0.25, 0.3) is 0 Å². The average molecular weight is 297 g/mol. The number of carbonyl (C=O) groups is 1. The summed E-state index contributed by atoms with van der Waals surface area (Å²) in [5.74, 6) is -0.754. The molecule has 0 amide bonds. The van der Waals surface area contributed by atoms with Crippen molar-refractivity contribution in [2.75, 3.05) is 6.54 Å². The Morgan fingerprint density at radius 1 is 1.30 bits per heavy atom. The highest BCUT2D eigenvalue weighted by atomic mass is 32.2. The fourth-order valence-corrected chi connectivity index (χ4v) is 4.09. The molecule has 1 N–H and O–H groups in total. The van der Waals surface area contributed by atoms with E-state index in [9.17, 15) is 13.2 Å². The van der Waals surface area contributed by atoms with Gasteiger partial charge < -0.3 is 5.11 Å². The average Bonchev–Trinajstić information content (AvgIpc) is 2.89. The van der Waals surface area contributed by atoms with Crippen LogP contribution in [0.3, 0.4) is 0 Å². The van der Waals surface area contributed by atoms with Crippen LogP contribution in [0.2, 0.25) is 0 Å². The summed E-state index contributed by atoms with van der Waals surface area (Å²) in [7, 11) is -3.72. The van der Waals surface area contributed by atoms with Gasteiger partial charge in [-0.3, -0.25) is 4.79 Å². The summed E-state index contributed by atoms with van der Waals surface area (Å²) in [6.45, 7) is 4.33. The number of carboxylic acids is 1. The van der Waals surface area contributed by atoms with Gasteiger partial charge in [0.05, 0.1) is 4.90 Å². The molecule has 0 aliphatic carbocycles. The predicted molar refractivity (Wildman–Crippen MR) is 75.1 cm³/mol. The van der Waals surface area contributed by atoms with E-state index in [1.54, 1.807) is 24.3 Å². The highest BCUT2D eigenvalue weighted by molar-refractivity contribution is 7.89. The molecule has 0 spiro atoms. The molecule has 1 aliphatic rings. The molecular weight excluding hydrogens is 278 g/mol. The van der Waals surface area contributed by atoms with Gasteiger partial charge >= 0.3 is 5.97 Å². The van der Waals surface area contributed by atoms with E-state index in [1.807, 2.05) is 13.8 Å². The fraction of sp³-hybridized carbons (Fsp3) is 0.500. The number of hydrogen-bond donors (Lipinski definition) is 1. The summed E-state index contributed by atoms with van der Waals surface area (Å²) < 4.78 is 26.1. The Morgan fingerprint density at radius 2 is 1.90 bits per heavy atom. The largest absolute Gasteiger partial charge is 0.480 e. The summed E-state index contributed by atoms with van der Waals surface area (Å²) in [6.07, 6.45) is 0.957. The van der Waals surface area contributed by atoms with E-state index in [0.29, 0.717) is 18.8 Å². The minimum absolute atomic E-state index is 0.162. The molecule has 20 heavy (non-hydrogen) atoms. The maximum atomic E-state index is 12.5. The summed E-state index contributed by atoms with van der Waals surface area (Å²) in [5.41, 5.74) is 1.06. The van der Waals surface area contributed by atoms with Gasteiger partial charge in [0.2, 0.25) is 10.0 Å². The predicted octanol–water partition coefficient (Wildman–Crippen LogP) is 2.05. The van der Waals surface area contributed by atoms with Crippen LogP contribution < -0.4 is 0 Å². The standard InChI is InChI=1S/C14H19NO4S/c1-10(2)11-5-7-12(8-6-11)20(18,19)15-9-3-4-13(15)14(16)17/h5-8,10,13H,3-4,9H2,1-2H3,(H,16,17)/t13-/m0/s1. The number of carboxylic acid groups (broad SMARTS) is 1. The first-order valence-corrected chi connectivity index (χ1v) is 8.12. The lowest BCUT2D eigenvalue weighted by Crippen LogP contribution is -2.40. The Labute approximate surface area is 119 Å². The number of rotatable bonds is 4. The molecule has 6 heteroatoms. The van der Waals surface area contributed by atoms with Crippen LogP contribution in [0.1, 0.15) is 38.2 Å². The molecule has 2 rings (SSSR count).